The highest BCUT2D eigenvalue weighted by atomic mass is 19.1. The van der Waals surface area contributed by atoms with Crippen molar-refractivity contribution in [3.05, 3.63) is 42.2 Å². The Balaban J connectivity index is 2.91. The third-order valence-corrected chi connectivity index (χ3v) is 1.85. The van der Waals surface area contributed by atoms with Gasteiger partial charge in [-0.05, 0) is 18.2 Å². The molecule has 17 heavy (non-hydrogen) atoms. The van der Waals surface area contributed by atoms with Crippen molar-refractivity contribution in [1.82, 2.24) is 0 Å². The van der Waals surface area contributed by atoms with E-state index in [2.05, 4.69) is 11.9 Å². The molecular weight excluding hydrogens is 225 g/mol. The molecule has 0 atom stereocenters. The lowest BCUT2D eigenvalue weighted by molar-refractivity contribution is -0.114. The molecule has 0 heterocycles. The maximum absolute atomic E-state index is 13.3. The molecule has 0 aliphatic rings. The molecule has 5 heteroatoms. The molecule has 1 rings (SSSR count). The van der Waals surface area contributed by atoms with Crippen LogP contribution in [0.15, 0.2) is 30.9 Å². The Hall–Kier alpha value is -2.17. The molecule has 0 bridgehead atoms. The first-order valence-corrected chi connectivity index (χ1v) is 4.89. The molecule has 1 N–H and O–H groups in total. The number of carbonyl (C=O) groups is 2. The Morgan fingerprint density at radius 1 is 1.53 bits per heavy atom. The van der Waals surface area contributed by atoms with Gasteiger partial charge in [-0.25, -0.2) is 9.18 Å². The van der Waals surface area contributed by atoms with E-state index >= 15 is 0 Å². The summed E-state index contributed by atoms with van der Waals surface area (Å²) in [6.07, 6.45) is 1.43. The molecule has 0 spiro atoms. The molecule has 0 aromatic heterocycles. The largest absolute Gasteiger partial charge is 0.458 e. The summed E-state index contributed by atoms with van der Waals surface area (Å²) in [6, 6.07) is 3.60. The van der Waals surface area contributed by atoms with Crippen LogP contribution in [0.2, 0.25) is 0 Å². The molecule has 4 nitrogen and oxygen atoms in total. The van der Waals surface area contributed by atoms with Crippen LogP contribution in [0.4, 0.5) is 10.1 Å². The number of benzene rings is 1. The number of halogens is 1. The van der Waals surface area contributed by atoms with Crippen molar-refractivity contribution < 1.29 is 18.7 Å². The smallest absolute Gasteiger partial charge is 0.338 e. The molecule has 1 amide bonds. The van der Waals surface area contributed by atoms with Gasteiger partial charge in [-0.3, -0.25) is 4.79 Å². The van der Waals surface area contributed by atoms with Gasteiger partial charge in [-0.2, -0.15) is 0 Å². The second kappa shape index (κ2) is 5.79. The molecular formula is C12H12FNO3. The number of esters is 1. The number of carbonyl (C=O) groups excluding carboxylic acids is 2. The van der Waals surface area contributed by atoms with Gasteiger partial charge < -0.3 is 10.1 Å². The number of nitrogens with one attached hydrogen (secondary N) is 1. The van der Waals surface area contributed by atoms with E-state index in [1.165, 1.54) is 25.1 Å². The van der Waals surface area contributed by atoms with Crippen molar-refractivity contribution in [2.45, 2.75) is 6.92 Å². The Morgan fingerprint density at radius 3 is 2.82 bits per heavy atom. The first-order chi connectivity index (χ1) is 8.04. The average molecular weight is 237 g/mol. The summed E-state index contributed by atoms with van der Waals surface area (Å²) in [5.74, 6) is -1.63. The minimum absolute atomic E-state index is 0.0504. The Morgan fingerprint density at radius 2 is 2.24 bits per heavy atom. The fourth-order valence-electron chi connectivity index (χ4n) is 1.16. The van der Waals surface area contributed by atoms with E-state index in [-0.39, 0.29) is 17.9 Å². The zero-order chi connectivity index (χ0) is 12.8. The topological polar surface area (TPSA) is 55.4 Å². The molecule has 0 aliphatic heterocycles. The van der Waals surface area contributed by atoms with Crippen molar-refractivity contribution >= 4 is 17.6 Å². The Labute approximate surface area is 98.1 Å². The summed E-state index contributed by atoms with van der Waals surface area (Å²) >= 11 is 0. The van der Waals surface area contributed by atoms with Gasteiger partial charge in [-0.15, -0.1) is 0 Å². The minimum Gasteiger partial charge on any atom is -0.458 e. The highest BCUT2D eigenvalue weighted by Gasteiger charge is 2.11. The van der Waals surface area contributed by atoms with Crippen LogP contribution in [0, 0.1) is 5.82 Å². The lowest BCUT2D eigenvalue weighted by Gasteiger charge is -2.06. The van der Waals surface area contributed by atoms with Crippen molar-refractivity contribution in [2.75, 3.05) is 11.9 Å². The lowest BCUT2D eigenvalue weighted by atomic mass is 10.2. The first kappa shape index (κ1) is 12.9. The van der Waals surface area contributed by atoms with Gasteiger partial charge in [0.25, 0.3) is 0 Å². The van der Waals surface area contributed by atoms with Gasteiger partial charge in [0, 0.05) is 6.92 Å². The molecule has 1 aromatic rings. The fourth-order valence-corrected chi connectivity index (χ4v) is 1.16. The van der Waals surface area contributed by atoms with Crippen LogP contribution in [-0.2, 0) is 9.53 Å². The van der Waals surface area contributed by atoms with Gasteiger partial charge in [0.2, 0.25) is 5.91 Å². The number of ether oxygens (including phenoxy) is 1. The molecule has 0 aliphatic carbocycles. The number of anilines is 1. The van der Waals surface area contributed by atoms with Crippen molar-refractivity contribution in [2.24, 2.45) is 0 Å². The van der Waals surface area contributed by atoms with Crippen LogP contribution in [-0.4, -0.2) is 18.5 Å². The normalized spacial score (nSPS) is 9.53. The molecule has 0 saturated carbocycles. The van der Waals surface area contributed by atoms with Crippen LogP contribution in [0.5, 0.6) is 0 Å². The van der Waals surface area contributed by atoms with E-state index in [1.807, 2.05) is 0 Å². The summed E-state index contributed by atoms with van der Waals surface area (Å²) in [5, 5.41) is 2.28. The maximum atomic E-state index is 13.3. The first-order valence-electron chi connectivity index (χ1n) is 4.89. The summed E-state index contributed by atoms with van der Waals surface area (Å²) in [7, 11) is 0. The van der Waals surface area contributed by atoms with Crippen LogP contribution in [0.25, 0.3) is 0 Å². The van der Waals surface area contributed by atoms with E-state index in [4.69, 9.17) is 4.74 Å². The van der Waals surface area contributed by atoms with Gasteiger partial charge in [-0.1, -0.05) is 12.7 Å². The summed E-state index contributed by atoms with van der Waals surface area (Å²) in [4.78, 5) is 22.3. The molecule has 1 aromatic carbocycles. The second-order valence-electron chi connectivity index (χ2n) is 3.26. The van der Waals surface area contributed by atoms with Gasteiger partial charge >= 0.3 is 5.97 Å². The van der Waals surface area contributed by atoms with Gasteiger partial charge in [0.15, 0.2) is 0 Å². The SMILES string of the molecule is C=CCOC(=O)c1ccc(F)c(NC(C)=O)c1. The number of hydrogen-bond donors (Lipinski definition) is 1. The molecule has 0 fully saturated rings. The van der Waals surface area contributed by atoms with Crippen LogP contribution >= 0.6 is 0 Å². The summed E-state index contributed by atoms with van der Waals surface area (Å²) in [5.41, 5.74) is 0.113. The second-order valence-corrected chi connectivity index (χ2v) is 3.26. The zero-order valence-electron chi connectivity index (χ0n) is 9.33. The molecule has 0 unspecified atom stereocenters. The van der Waals surface area contributed by atoms with Crippen LogP contribution in [0.1, 0.15) is 17.3 Å². The standard InChI is InChI=1S/C12H12FNO3/c1-3-6-17-12(16)9-4-5-10(13)11(7-9)14-8(2)15/h3-5,7H,1,6H2,2H3,(H,14,15). The lowest BCUT2D eigenvalue weighted by Crippen LogP contribution is -2.10. The van der Waals surface area contributed by atoms with Crippen molar-refractivity contribution in [3.8, 4) is 0 Å². The zero-order valence-corrected chi connectivity index (χ0v) is 9.33. The summed E-state index contributed by atoms with van der Waals surface area (Å²) < 4.78 is 18.0. The minimum atomic E-state index is -0.611. The number of amides is 1. The quantitative estimate of drug-likeness (QED) is 0.644. The van der Waals surface area contributed by atoms with Crippen LogP contribution in [0.3, 0.4) is 0 Å². The Bertz CT molecular complexity index is 457. The molecule has 90 valence electrons. The Kier molecular flexibility index (Phi) is 4.39. The summed E-state index contributed by atoms with van der Waals surface area (Å²) in [6.45, 7) is 4.73. The average Bonchev–Trinajstić information content (AvgIpc) is 2.28. The third kappa shape index (κ3) is 3.71. The van der Waals surface area contributed by atoms with Gasteiger partial charge in [0.1, 0.15) is 12.4 Å². The van der Waals surface area contributed by atoms with Crippen LogP contribution < -0.4 is 5.32 Å². The fraction of sp³-hybridized carbons (Fsp3) is 0.167. The van der Waals surface area contributed by atoms with E-state index in [9.17, 15) is 14.0 Å². The highest BCUT2D eigenvalue weighted by molar-refractivity contribution is 5.93. The monoisotopic (exact) mass is 237 g/mol. The molecule has 0 radical (unpaired) electrons. The predicted molar refractivity (Wildman–Crippen MR) is 61.2 cm³/mol. The van der Waals surface area contributed by atoms with Crippen molar-refractivity contribution in [1.29, 1.82) is 0 Å². The highest BCUT2D eigenvalue weighted by Crippen LogP contribution is 2.16. The number of rotatable bonds is 4. The van der Waals surface area contributed by atoms with E-state index in [0.717, 1.165) is 6.07 Å². The predicted octanol–water partition coefficient (Wildman–Crippen LogP) is 2.13. The van der Waals surface area contributed by atoms with E-state index in [0.29, 0.717) is 0 Å². The van der Waals surface area contributed by atoms with Crippen molar-refractivity contribution in [3.63, 3.8) is 0 Å². The van der Waals surface area contributed by atoms with E-state index < -0.39 is 17.7 Å². The third-order valence-electron chi connectivity index (χ3n) is 1.85. The molecule has 0 saturated heterocycles. The van der Waals surface area contributed by atoms with Gasteiger partial charge in [0.05, 0.1) is 11.3 Å². The number of hydrogen-bond acceptors (Lipinski definition) is 3. The van der Waals surface area contributed by atoms with E-state index in [1.54, 1.807) is 0 Å². The maximum Gasteiger partial charge on any atom is 0.338 e.